The van der Waals surface area contributed by atoms with Crippen molar-refractivity contribution < 1.29 is 12.8 Å². The van der Waals surface area contributed by atoms with E-state index in [1.165, 1.54) is 30.5 Å². The van der Waals surface area contributed by atoms with Gasteiger partial charge in [-0.3, -0.25) is 4.99 Å². The molecule has 9 heteroatoms. The lowest BCUT2D eigenvalue weighted by molar-refractivity contribution is 0.519. The van der Waals surface area contributed by atoms with Gasteiger partial charge in [-0.05, 0) is 35.7 Å². The highest BCUT2D eigenvalue weighted by molar-refractivity contribution is 14.0. The van der Waals surface area contributed by atoms with Gasteiger partial charge in [0, 0.05) is 34.2 Å². The van der Waals surface area contributed by atoms with Crippen LogP contribution in [0.2, 0.25) is 0 Å². The summed E-state index contributed by atoms with van der Waals surface area (Å²) in [4.78, 5) is 4.42. The molecule has 0 radical (unpaired) electrons. The van der Waals surface area contributed by atoms with Crippen molar-refractivity contribution in [2.45, 2.75) is 17.9 Å². The van der Waals surface area contributed by atoms with E-state index in [1.54, 1.807) is 43.4 Å². The average molecular weight is 520 g/mol. The second kappa shape index (κ2) is 11.3. The highest BCUT2D eigenvalue weighted by Gasteiger charge is 2.20. The Kier molecular flexibility index (Phi) is 9.83. The first-order valence-electron chi connectivity index (χ1n) is 8.54. The zero-order chi connectivity index (χ0) is 19.9. The molecule has 0 spiro atoms. The predicted molar refractivity (Wildman–Crippen MR) is 121 cm³/mol. The minimum absolute atomic E-state index is 0. The topological polar surface area (TPSA) is 73.8 Å². The van der Waals surface area contributed by atoms with Crippen molar-refractivity contribution >= 4 is 40.0 Å². The van der Waals surface area contributed by atoms with E-state index in [-0.39, 0.29) is 34.7 Å². The molecule has 0 saturated heterocycles. The Labute approximate surface area is 183 Å². The molecule has 2 aromatic carbocycles. The van der Waals surface area contributed by atoms with Gasteiger partial charge < -0.3 is 10.6 Å². The lowest BCUT2D eigenvalue weighted by Gasteiger charge is -2.17. The van der Waals surface area contributed by atoms with Crippen LogP contribution in [0.3, 0.4) is 0 Å². The van der Waals surface area contributed by atoms with Crippen LogP contribution in [0.15, 0.2) is 58.4 Å². The number of rotatable bonds is 7. The highest BCUT2D eigenvalue weighted by atomic mass is 127. The third kappa shape index (κ3) is 6.71. The molecule has 2 aromatic rings. The Morgan fingerprint density at radius 3 is 2.32 bits per heavy atom. The molecule has 0 aliphatic carbocycles. The maximum Gasteiger partial charge on any atom is 0.242 e. The first kappa shape index (κ1) is 24.3. The van der Waals surface area contributed by atoms with Crippen LogP contribution in [0.1, 0.15) is 11.1 Å². The molecule has 0 bridgehead atoms. The van der Waals surface area contributed by atoms with Crippen LogP contribution in [0.5, 0.6) is 0 Å². The SMILES string of the molecule is CN=C(NCCc1ccc(F)cc1)NCc1ccccc1S(=O)(=O)N(C)C.I. The second-order valence-electron chi connectivity index (χ2n) is 6.12. The van der Waals surface area contributed by atoms with Gasteiger partial charge in [0.1, 0.15) is 5.82 Å². The lowest BCUT2D eigenvalue weighted by Crippen LogP contribution is -2.38. The van der Waals surface area contributed by atoms with Gasteiger partial charge in [0.2, 0.25) is 10.0 Å². The fourth-order valence-electron chi connectivity index (χ4n) is 2.47. The first-order chi connectivity index (χ1) is 12.8. The molecule has 0 unspecified atom stereocenters. The van der Waals surface area contributed by atoms with E-state index in [0.717, 1.165) is 5.56 Å². The summed E-state index contributed by atoms with van der Waals surface area (Å²) in [6.07, 6.45) is 0.715. The Balaban J connectivity index is 0.00000392. The molecule has 0 fully saturated rings. The number of nitrogens with zero attached hydrogens (tertiary/aromatic N) is 2. The van der Waals surface area contributed by atoms with Crippen molar-refractivity contribution in [1.29, 1.82) is 0 Å². The zero-order valence-corrected chi connectivity index (χ0v) is 19.3. The van der Waals surface area contributed by atoms with Crippen LogP contribution in [-0.2, 0) is 23.0 Å². The van der Waals surface area contributed by atoms with E-state index in [4.69, 9.17) is 0 Å². The van der Waals surface area contributed by atoms with E-state index >= 15 is 0 Å². The molecule has 0 amide bonds. The van der Waals surface area contributed by atoms with Crippen molar-refractivity contribution in [3.63, 3.8) is 0 Å². The van der Waals surface area contributed by atoms with Gasteiger partial charge in [0.25, 0.3) is 0 Å². The number of nitrogens with one attached hydrogen (secondary N) is 2. The minimum atomic E-state index is -3.52. The first-order valence-corrected chi connectivity index (χ1v) is 9.98. The van der Waals surface area contributed by atoms with Crippen LogP contribution in [-0.4, -0.2) is 46.4 Å². The van der Waals surface area contributed by atoms with Gasteiger partial charge >= 0.3 is 0 Å². The van der Waals surface area contributed by atoms with Crippen molar-refractivity contribution in [3.8, 4) is 0 Å². The summed E-state index contributed by atoms with van der Waals surface area (Å²) < 4.78 is 39.0. The second-order valence-corrected chi connectivity index (χ2v) is 8.24. The van der Waals surface area contributed by atoms with Gasteiger partial charge in [0.15, 0.2) is 5.96 Å². The van der Waals surface area contributed by atoms with Crippen LogP contribution in [0, 0.1) is 5.82 Å². The van der Waals surface area contributed by atoms with Gasteiger partial charge in [-0.1, -0.05) is 30.3 Å². The van der Waals surface area contributed by atoms with Gasteiger partial charge in [-0.2, -0.15) is 0 Å². The number of halogens is 2. The monoisotopic (exact) mass is 520 g/mol. The Morgan fingerprint density at radius 1 is 1.07 bits per heavy atom. The molecule has 0 aliphatic rings. The van der Waals surface area contributed by atoms with Gasteiger partial charge in [-0.15, -0.1) is 24.0 Å². The molecule has 154 valence electrons. The van der Waals surface area contributed by atoms with Crippen LogP contribution < -0.4 is 10.6 Å². The zero-order valence-electron chi connectivity index (χ0n) is 16.1. The minimum Gasteiger partial charge on any atom is -0.356 e. The number of hydrogen-bond acceptors (Lipinski definition) is 3. The Morgan fingerprint density at radius 2 is 1.71 bits per heavy atom. The summed E-state index contributed by atoms with van der Waals surface area (Å²) in [5, 5.41) is 6.30. The van der Waals surface area contributed by atoms with Crippen molar-refractivity contribution in [1.82, 2.24) is 14.9 Å². The van der Waals surface area contributed by atoms with Crippen LogP contribution in [0.25, 0.3) is 0 Å². The van der Waals surface area contributed by atoms with E-state index in [1.807, 2.05) is 0 Å². The number of hydrogen-bond donors (Lipinski definition) is 2. The highest BCUT2D eigenvalue weighted by Crippen LogP contribution is 2.18. The molecule has 2 N–H and O–H groups in total. The summed E-state index contributed by atoms with van der Waals surface area (Å²) in [7, 11) is 1.15. The van der Waals surface area contributed by atoms with E-state index in [0.29, 0.717) is 31.0 Å². The molecule has 2 rings (SSSR count). The van der Waals surface area contributed by atoms with Crippen molar-refractivity contribution in [3.05, 3.63) is 65.5 Å². The van der Waals surface area contributed by atoms with Gasteiger partial charge in [-0.25, -0.2) is 17.1 Å². The molecule has 28 heavy (non-hydrogen) atoms. The quantitative estimate of drug-likeness (QED) is 0.335. The molecule has 0 aromatic heterocycles. The molecular weight excluding hydrogens is 494 g/mol. The maximum atomic E-state index is 12.9. The summed E-state index contributed by atoms with van der Waals surface area (Å²) in [5.41, 5.74) is 1.68. The molecule has 0 atom stereocenters. The maximum absolute atomic E-state index is 12.9. The smallest absolute Gasteiger partial charge is 0.242 e. The van der Waals surface area contributed by atoms with Crippen molar-refractivity contribution in [2.75, 3.05) is 27.7 Å². The summed E-state index contributed by atoms with van der Waals surface area (Å²) in [6.45, 7) is 0.933. The largest absolute Gasteiger partial charge is 0.356 e. The summed E-state index contributed by atoms with van der Waals surface area (Å²) >= 11 is 0. The standard InChI is InChI=1S/C19H25FN4O2S.HI/c1-21-19(22-13-12-15-8-10-17(20)11-9-15)23-14-16-6-4-5-7-18(16)27(25,26)24(2)3;/h4-11H,12-14H2,1-3H3,(H2,21,22,23);1H. The van der Waals surface area contributed by atoms with Crippen LogP contribution >= 0.6 is 24.0 Å². The summed E-state index contributed by atoms with van der Waals surface area (Å²) in [6, 6.07) is 13.2. The molecular formula is C19H26FIN4O2S. The van der Waals surface area contributed by atoms with E-state index in [2.05, 4.69) is 15.6 Å². The number of aliphatic imine (C=N–C) groups is 1. The predicted octanol–water partition coefficient (Wildman–Crippen LogP) is 2.60. The number of benzene rings is 2. The van der Waals surface area contributed by atoms with Gasteiger partial charge in [0.05, 0.1) is 4.90 Å². The number of guanidine groups is 1. The van der Waals surface area contributed by atoms with E-state index in [9.17, 15) is 12.8 Å². The number of sulfonamides is 1. The Bertz CT molecular complexity index is 887. The molecule has 0 saturated carbocycles. The fraction of sp³-hybridized carbons (Fsp3) is 0.316. The lowest BCUT2D eigenvalue weighted by atomic mass is 10.1. The van der Waals surface area contributed by atoms with E-state index < -0.39 is 10.0 Å². The third-order valence-electron chi connectivity index (χ3n) is 4.02. The normalized spacial score (nSPS) is 11.8. The Hall–Kier alpha value is -1.72. The molecule has 0 aliphatic heterocycles. The third-order valence-corrected chi connectivity index (χ3v) is 5.94. The average Bonchev–Trinajstić information content (AvgIpc) is 2.66. The molecule has 6 nitrogen and oxygen atoms in total. The van der Waals surface area contributed by atoms with Crippen molar-refractivity contribution in [2.24, 2.45) is 4.99 Å². The van der Waals surface area contributed by atoms with Crippen LogP contribution in [0.4, 0.5) is 4.39 Å². The summed E-state index contributed by atoms with van der Waals surface area (Å²) in [5.74, 6) is 0.310. The fourth-order valence-corrected chi connectivity index (χ4v) is 3.59. The molecule has 0 heterocycles.